The summed E-state index contributed by atoms with van der Waals surface area (Å²) >= 11 is 0. The lowest BCUT2D eigenvalue weighted by molar-refractivity contribution is 0.415. The second-order valence-corrected chi connectivity index (χ2v) is 4.20. The number of phenolic OH excluding ortho intramolecular Hbond substituents is 1. The standard InChI is InChI=1S/C14H18N4O2/c1-15-13-12(20-2)14(18-9-17-13)16-8-7-10-3-5-11(19)6-4-10/h3-6,9,19H,7-8H2,1-2H3,(H2,15,16,17,18). The second-order valence-electron chi connectivity index (χ2n) is 4.20. The van der Waals surface area contributed by atoms with E-state index >= 15 is 0 Å². The lowest BCUT2D eigenvalue weighted by Crippen LogP contribution is -2.09. The van der Waals surface area contributed by atoms with Gasteiger partial charge in [-0.15, -0.1) is 0 Å². The molecule has 0 atom stereocenters. The predicted octanol–water partition coefficient (Wildman–Crippen LogP) is 1.89. The predicted molar refractivity (Wildman–Crippen MR) is 78.4 cm³/mol. The Kier molecular flexibility index (Phi) is 4.60. The second kappa shape index (κ2) is 6.60. The van der Waals surface area contributed by atoms with Crippen molar-refractivity contribution in [3.8, 4) is 11.5 Å². The molecule has 6 heteroatoms. The number of aromatic nitrogens is 2. The van der Waals surface area contributed by atoms with Gasteiger partial charge in [-0.3, -0.25) is 0 Å². The van der Waals surface area contributed by atoms with Crippen molar-refractivity contribution in [2.75, 3.05) is 31.3 Å². The highest BCUT2D eigenvalue weighted by atomic mass is 16.5. The largest absolute Gasteiger partial charge is 0.508 e. The van der Waals surface area contributed by atoms with Gasteiger partial charge in [0.05, 0.1) is 7.11 Å². The quantitative estimate of drug-likeness (QED) is 0.746. The Labute approximate surface area is 117 Å². The van der Waals surface area contributed by atoms with E-state index in [0.29, 0.717) is 23.9 Å². The number of ether oxygens (including phenoxy) is 1. The molecule has 1 heterocycles. The molecular formula is C14H18N4O2. The van der Waals surface area contributed by atoms with E-state index < -0.39 is 0 Å². The molecule has 0 aliphatic heterocycles. The summed E-state index contributed by atoms with van der Waals surface area (Å²) in [6.45, 7) is 0.710. The smallest absolute Gasteiger partial charge is 0.204 e. The van der Waals surface area contributed by atoms with Crippen LogP contribution in [0.4, 0.5) is 11.6 Å². The fraction of sp³-hybridized carbons (Fsp3) is 0.286. The molecule has 0 bridgehead atoms. The lowest BCUT2D eigenvalue weighted by atomic mass is 10.1. The molecule has 0 saturated carbocycles. The number of hydrogen-bond donors (Lipinski definition) is 3. The van der Waals surface area contributed by atoms with Gasteiger partial charge >= 0.3 is 0 Å². The highest BCUT2D eigenvalue weighted by Gasteiger charge is 2.10. The van der Waals surface area contributed by atoms with Crippen LogP contribution >= 0.6 is 0 Å². The van der Waals surface area contributed by atoms with Crippen molar-refractivity contribution in [2.45, 2.75) is 6.42 Å². The number of hydrogen-bond acceptors (Lipinski definition) is 6. The summed E-state index contributed by atoms with van der Waals surface area (Å²) in [6, 6.07) is 7.15. The van der Waals surface area contributed by atoms with E-state index in [-0.39, 0.29) is 5.75 Å². The zero-order chi connectivity index (χ0) is 14.4. The van der Waals surface area contributed by atoms with Gasteiger partial charge in [0.25, 0.3) is 0 Å². The Morgan fingerprint density at radius 3 is 2.50 bits per heavy atom. The Balaban J connectivity index is 1.98. The zero-order valence-electron chi connectivity index (χ0n) is 11.6. The van der Waals surface area contributed by atoms with Gasteiger partial charge in [-0.2, -0.15) is 0 Å². The summed E-state index contributed by atoms with van der Waals surface area (Å²) in [7, 11) is 3.37. The SMILES string of the molecule is CNc1ncnc(NCCc2ccc(O)cc2)c1OC. The van der Waals surface area contributed by atoms with Crippen molar-refractivity contribution in [2.24, 2.45) is 0 Å². The Morgan fingerprint density at radius 2 is 1.85 bits per heavy atom. The Hall–Kier alpha value is -2.50. The lowest BCUT2D eigenvalue weighted by Gasteiger charge is -2.12. The third-order valence-corrected chi connectivity index (χ3v) is 2.89. The molecule has 0 radical (unpaired) electrons. The minimum absolute atomic E-state index is 0.276. The molecule has 3 N–H and O–H groups in total. The molecule has 1 aromatic carbocycles. The van der Waals surface area contributed by atoms with Crippen molar-refractivity contribution in [1.29, 1.82) is 0 Å². The van der Waals surface area contributed by atoms with Crippen molar-refractivity contribution >= 4 is 11.6 Å². The number of rotatable bonds is 6. The van der Waals surface area contributed by atoms with Crippen LogP contribution in [0.15, 0.2) is 30.6 Å². The number of benzene rings is 1. The van der Waals surface area contributed by atoms with Gasteiger partial charge in [0, 0.05) is 13.6 Å². The monoisotopic (exact) mass is 274 g/mol. The number of phenols is 1. The number of anilines is 2. The maximum Gasteiger partial charge on any atom is 0.204 e. The molecule has 20 heavy (non-hydrogen) atoms. The molecule has 0 fully saturated rings. The van der Waals surface area contributed by atoms with Gasteiger partial charge in [-0.25, -0.2) is 9.97 Å². The van der Waals surface area contributed by atoms with Crippen molar-refractivity contribution in [3.63, 3.8) is 0 Å². The van der Waals surface area contributed by atoms with Crippen molar-refractivity contribution in [3.05, 3.63) is 36.2 Å². The third-order valence-electron chi connectivity index (χ3n) is 2.89. The van der Waals surface area contributed by atoms with Crippen molar-refractivity contribution in [1.82, 2.24) is 9.97 Å². The maximum atomic E-state index is 9.23. The number of nitrogens with one attached hydrogen (secondary N) is 2. The number of aromatic hydroxyl groups is 1. The van der Waals surface area contributed by atoms with Crippen LogP contribution in [0.2, 0.25) is 0 Å². The van der Waals surface area contributed by atoms with Gasteiger partial charge in [-0.05, 0) is 24.1 Å². The van der Waals surface area contributed by atoms with Crippen LogP contribution in [0.1, 0.15) is 5.56 Å². The van der Waals surface area contributed by atoms with Gasteiger partial charge in [0.2, 0.25) is 5.75 Å². The van der Waals surface area contributed by atoms with Crippen LogP contribution in [0.25, 0.3) is 0 Å². The van der Waals surface area contributed by atoms with Crippen molar-refractivity contribution < 1.29 is 9.84 Å². The van der Waals surface area contributed by atoms with Gasteiger partial charge in [0.15, 0.2) is 11.6 Å². The highest BCUT2D eigenvalue weighted by molar-refractivity contribution is 5.63. The molecule has 2 rings (SSSR count). The number of methoxy groups -OCH3 is 1. The zero-order valence-corrected chi connectivity index (χ0v) is 11.6. The molecule has 0 unspecified atom stereocenters. The normalized spacial score (nSPS) is 10.1. The van der Waals surface area contributed by atoms with Gasteiger partial charge in [-0.1, -0.05) is 12.1 Å². The van der Waals surface area contributed by atoms with E-state index in [9.17, 15) is 5.11 Å². The number of nitrogens with zero attached hydrogens (tertiary/aromatic N) is 2. The topological polar surface area (TPSA) is 79.3 Å². The van der Waals surface area contributed by atoms with E-state index in [1.165, 1.54) is 6.33 Å². The van der Waals surface area contributed by atoms with Crippen LogP contribution in [-0.4, -0.2) is 35.8 Å². The molecule has 0 spiro atoms. The van der Waals surface area contributed by atoms with E-state index in [4.69, 9.17) is 4.74 Å². The summed E-state index contributed by atoms with van der Waals surface area (Å²) in [5, 5.41) is 15.4. The molecule has 0 aliphatic carbocycles. The van der Waals surface area contributed by atoms with Crippen LogP contribution in [0.5, 0.6) is 11.5 Å². The Morgan fingerprint density at radius 1 is 1.15 bits per heavy atom. The first-order valence-corrected chi connectivity index (χ1v) is 6.33. The van der Waals surface area contributed by atoms with E-state index in [0.717, 1.165) is 12.0 Å². The summed E-state index contributed by atoms with van der Waals surface area (Å²) < 4.78 is 5.30. The molecule has 1 aromatic heterocycles. The maximum absolute atomic E-state index is 9.23. The van der Waals surface area contributed by atoms with E-state index in [1.807, 2.05) is 12.1 Å². The first kappa shape index (κ1) is 13.9. The molecule has 0 amide bonds. The van der Waals surface area contributed by atoms with Gasteiger partial charge in [0.1, 0.15) is 12.1 Å². The summed E-state index contributed by atoms with van der Waals surface area (Å²) in [5.41, 5.74) is 1.14. The Bertz CT molecular complexity index is 558. The van der Waals surface area contributed by atoms with Crippen LogP contribution in [-0.2, 0) is 6.42 Å². The molecule has 106 valence electrons. The minimum Gasteiger partial charge on any atom is -0.508 e. The average molecular weight is 274 g/mol. The minimum atomic E-state index is 0.276. The average Bonchev–Trinajstić information content (AvgIpc) is 2.49. The molecule has 6 nitrogen and oxygen atoms in total. The van der Waals surface area contributed by atoms with Crippen LogP contribution in [0.3, 0.4) is 0 Å². The first-order chi connectivity index (χ1) is 9.74. The summed E-state index contributed by atoms with van der Waals surface area (Å²) in [4.78, 5) is 8.27. The fourth-order valence-corrected chi connectivity index (χ4v) is 1.86. The molecule has 2 aromatic rings. The summed E-state index contributed by atoms with van der Waals surface area (Å²) in [6.07, 6.45) is 2.31. The summed E-state index contributed by atoms with van der Waals surface area (Å²) in [5.74, 6) is 2.18. The molecule has 0 aliphatic rings. The third kappa shape index (κ3) is 3.28. The molecular weight excluding hydrogens is 256 g/mol. The highest BCUT2D eigenvalue weighted by Crippen LogP contribution is 2.28. The van der Waals surface area contributed by atoms with Crippen LogP contribution in [0, 0.1) is 0 Å². The van der Waals surface area contributed by atoms with E-state index in [1.54, 1.807) is 26.3 Å². The van der Waals surface area contributed by atoms with Gasteiger partial charge < -0.3 is 20.5 Å². The van der Waals surface area contributed by atoms with Crippen LogP contribution < -0.4 is 15.4 Å². The fourth-order valence-electron chi connectivity index (χ4n) is 1.86. The first-order valence-electron chi connectivity index (χ1n) is 6.33. The van der Waals surface area contributed by atoms with E-state index in [2.05, 4.69) is 20.6 Å². The molecule has 0 saturated heterocycles.